The minimum Gasteiger partial charge on any atom is -0.497 e. The van der Waals surface area contributed by atoms with E-state index in [0.717, 1.165) is 39.7 Å². The van der Waals surface area contributed by atoms with Crippen LogP contribution in [0.25, 0.3) is 21.6 Å². The molecule has 0 aliphatic heterocycles. The summed E-state index contributed by atoms with van der Waals surface area (Å²) in [4.78, 5) is 10.5. The van der Waals surface area contributed by atoms with Gasteiger partial charge in [-0.1, -0.05) is 0 Å². The molecule has 0 atom stereocenters. The molecule has 1 aromatic carbocycles. The second-order valence-electron chi connectivity index (χ2n) is 4.74. The lowest BCUT2D eigenvalue weighted by Gasteiger charge is -2.10. The number of hydrogen-bond acceptors (Lipinski definition) is 5. The van der Waals surface area contributed by atoms with Crippen molar-refractivity contribution in [1.82, 2.24) is 9.97 Å². The fraction of sp³-hybridized carbons (Fsp3) is 0.250. The average molecular weight is 299 g/mol. The Kier molecular flexibility index (Phi) is 3.75. The number of aryl methyl sites for hydroxylation is 1. The summed E-state index contributed by atoms with van der Waals surface area (Å²) in [5.74, 6) is 2.44. The van der Waals surface area contributed by atoms with Gasteiger partial charge in [0, 0.05) is 11.9 Å². The van der Waals surface area contributed by atoms with E-state index >= 15 is 0 Å². The molecule has 3 rings (SSSR count). The highest BCUT2D eigenvalue weighted by Crippen LogP contribution is 2.31. The Bertz CT molecular complexity index is 782. The molecule has 0 saturated carbocycles. The number of hydrogen-bond donors (Lipinski definition) is 1. The molecule has 0 saturated heterocycles. The number of rotatable bonds is 4. The number of ether oxygens (including phenoxy) is 1. The Morgan fingerprint density at radius 1 is 1.24 bits per heavy atom. The van der Waals surface area contributed by atoms with Gasteiger partial charge >= 0.3 is 0 Å². The zero-order valence-corrected chi connectivity index (χ0v) is 13.1. The van der Waals surface area contributed by atoms with Crippen molar-refractivity contribution in [3.63, 3.8) is 0 Å². The first-order valence-corrected chi connectivity index (χ1v) is 7.75. The molecule has 0 fully saturated rings. The van der Waals surface area contributed by atoms with Crippen LogP contribution in [0.5, 0.6) is 5.75 Å². The molecule has 0 aliphatic carbocycles. The van der Waals surface area contributed by atoms with Crippen LogP contribution in [0.4, 0.5) is 5.82 Å². The predicted octanol–water partition coefficient (Wildman–Crippen LogP) is 4.11. The number of anilines is 1. The van der Waals surface area contributed by atoms with Crippen LogP contribution in [-0.4, -0.2) is 23.6 Å². The summed E-state index contributed by atoms with van der Waals surface area (Å²) in [6.07, 6.45) is 0. The third-order valence-electron chi connectivity index (χ3n) is 3.31. The largest absolute Gasteiger partial charge is 0.497 e. The van der Waals surface area contributed by atoms with Crippen molar-refractivity contribution in [2.75, 3.05) is 19.0 Å². The lowest BCUT2D eigenvalue weighted by Crippen LogP contribution is -2.03. The maximum atomic E-state index is 5.30. The third kappa shape index (κ3) is 2.56. The van der Waals surface area contributed by atoms with Crippen LogP contribution in [0.15, 0.2) is 29.6 Å². The molecule has 21 heavy (non-hydrogen) atoms. The Morgan fingerprint density at radius 2 is 2.10 bits per heavy atom. The maximum absolute atomic E-state index is 5.30. The van der Waals surface area contributed by atoms with E-state index in [0.29, 0.717) is 0 Å². The highest BCUT2D eigenvalue weighted by Gasteiger charge is 2.12. The number of thiophene rings is 1. The van der Waals surface area contributed by atoms with Crippen molar-refractivity contribution >= 4 is 28.1 Å². The molecule has 0 amide bonds. The first kappa shape index (κ1) is 13.8. The van der Waals surface area contributed by atoms with E-state index in [2.05, 4.69) is 30.6 Å². The van der Waals surface area contributed by atoms with Crippen LogP contribution in [0, 0.1) is 6.92 Å². The van der Waals surface area contributed by atoms with E-state index in [4.69, 9.17) is 14.7 Å². The lowest BCUT2D eigenvalue weighted by molar-refractivity contribution is 0.415. The molecule has 2 heterocycles. The fourth-order valence-electron chi connectivity index (χ4n) is 2.24. The first-order chi connectivity index (χ1) is 10.2. The molecule has 0 radical (unpaired) electrons. The Balaban J connectivity index is 2.23. The molecule has 1 N–H and O–H groups in total. The quantitative estimate of drug-likeness (QED) is 0.787. The molecule has 0 unspecified atom stereocenters. The lowest BCUT2D eigenvalue weighted by atomic mass is 10.2. The molecule has 108 valence electrons. The van der Waals surface area contributed by atoms with Crippen LogP contribution < -0.4 is 10.1 Å². The molecule has 3 aromatic rings. The van der Waals surface area contributed by atoms with Gasteiger partial charge in [-0.05, 0) is 49.1 Å². The van der Waals surface area contributed by atoms with Crippen LogP contribution in [0.2, 0.25) is 0 Å². The minimum atomic E-state index is 0.774. The second-order valence-corrected chi connectivity index (χ2v) is 5.66. The summed E-state index contributed by atoms with van der Waals surface area (Å²) in [7, 11) is 1.67. The van der Waals surface area contributed by atoms with Crippen molar-refractivity contribution < 1.29 is 4.74 Å². The zero-order valence-electron chi connectivity index (χ0n) is 12.3. The van der Waals surface area contributed by atoms with E-state index in [1.54, 1.807) is 18.4 Å². The van der Waals surface area contributed by atoms with Gasteiger partial charge in [-0.2, -0.15) is 0 Å². The van der Waals surface area contributed by atoms with Gasteiger partial charge in [-0.25, -0.2) is 9.97 Å². The Morgan fingerprint density at radius 3 is 2.76 bits per heavy atom. The zero-order chi connectivity index (χ0) is 14.8. The summed E-state index contributed by atoms with van der Waals surface area (Å²) >= 11 is 1.67. The van der Waals surface area contributed by atoms with Crippen molar-refractivity contribution in [2.45, 2.75) is 13.8 Å². The molecular formula is C16H17N3OS. The molecule has 4 nitrogen and oxygen atoms in total. The number of nitrogens with one attached hydrogen (secondary N) is 1. The van der Waals surface area contributed by atoms with Crippen molar-refractivity contribution in [3.8, 4) is 16.5 Å². The summed E-state index contributed by atoms with van der Waals surface area (Å²) < 4.78 is 5.30. The van der Waals surface area contributed by atoms with E-state index in [9.17, 15) is 0 Å². The number of nitrogens with zero attached hydrogens (tertiary/aromatic N) is 2. The van der Waals surface area contributed by atoms with Crippen LogP contribution in [0.1, 0.15) is 12.5 Å². The fourth-order valence-corrected chi connectivity index (χ4v) is 3.10. The number of methoxy groups -OCH3 is 1. The number of aromatic nitrogens is 2. The van der Waals surface area contributed by atoms with E-state index in [1.165, 1.54) is 5.56 Å². The van der Waals surface area contributed by atoms with E-state index in [1.807, 2.05) is 18.2 Å². The second kappa shape index (κ2) is 5.69. The normalized spacial score (nSPS) is 10.8. The van der Waals surface area contributed by atoms with Crippen molar-refractivity contribution in [3.05, 3.63) is 35.2 Å². The highest BCUT2D eigenvalue weighted by atomic mass is 32.1. The van der Waals surface area contributed by atoms with Gasteiger partial charge in [0.05, 0.1) is 17.5 Å². The van der Waals surface area contributed by atoms with Gasteiger partial charge in [0.1, 0.15) is 11.6 Å². The molecule has 2 aromatic heterocycles. The van der Waals surface area contributed by atoms with Gasteiger partial charge in [-0.3, -0.25) is 0 Å². The average Bonchev–Trinajstić information content (AvgIpc) is 2.93. The van der Waals surface area contributed by atoms with Gasteiger partial charge in [0.25, 0.3) is 0 Å². The van der Waals surface area contributed by atoms with Gasteiger partial charge in [-0.15, -0.1) is 11.3 Å². The molecule has 0 bridgehead atoms. The molecule has 0 spiro atoms. The standard InChI is InChI=1S/C16H17N3OS/c1-4-17-15-12-9-11(20-3)5-6-13(12)18-16(19-15)14-10(2)7-8-21-14/h5-9H,4H2,1-3H3,(H,17,18,19). The van der Waals surface area contributed by atoms with Gasteiger partial charge in [0.2, 0.25) is 0 Å². The molecular weight excluding hydrogens is 282 g/mol. The SMILES string of the molecule is CCNc1nc(-c2sccc2C)nc2ccc(OC)cc12. The summed E-state index contributed by atoms with van der Waals surface area (Å²) in [6.45, 7) is 4.96. The molecule has 5 heteroatoms. The van der Waals surface area contributed by atoms with Gasteiger partial charge in [0.15, 0.2) is 5.82 Å². The smallest absolute Gasteiger partial charge is 0.172 e. The van der Waals surface area contributed by atoms with Crippen LogP contribution in [-0.2, 0) is 0 Å². The predicted molar refractivity (Wildman–Crippen MR) is 88.3 cm³/mol. The van der Waals surface area contributed by atoms with Crippen molar-refractivity contribution in [2.24, 2.45) is 0 Å². The van der Waals surface area contributed by atoms with E-state index in [-0.39, 0.29) is 0 Å². The monoisotopic (exact) mass is 299 g/mol. The van der Waals surface area contributed by atoms with Crippen molar-refractivity contribution in [1.29, 1.82) is 0 Å². The van der Waals surface area contributed by atoms with Crippen LogP contribution in [0.3, 0.4) is 0 Å². The summed E-state index contributed by atoms with van der Waals surface area (Å²) in [6, 6.07) is 7.96. The van der Waals surface area contributed by atoms with E-state index < -0.39 is 0 Å². The van der Waals surface area contributed by atoms with Gasteiger partial charge < -0.3 is 10.1 Å². The number of benzene rings is 1. The maximum Gasteiger partial charge on any atom is 0.172 e. The minimum absolute atomic E-state index is 0.774. The summed E-state index contributed by atoms with van der Waals surface area (Å²) in [5, 5.41) is 6.37. The topological polar surface area (TPSA) is 47.0 Å². The third-order valence-corrected chi connectivity index (χ3v) is 4.32. The highest BCUT2D eigenvalue weighted by molar-refractivity contribution is 7.13. The van der Waals surface area contributed by atoms with Crippen LogP contribution >= 0.6 is 11.3 Å². The Hall–Kier alpha value is -2.14. The summed E-state index contributed by atoms with van der Waals surface area (Å²) in [5.41, 5.74) is 2.12. The number of fused-ring (bicyclic) bond motifs is 1. The first-order valence-electron chi connectivity index (χ1n) is 6.87. The molecule has 0 aliphatic rings. The Labute approximate surface area is 127 Å².